The molecule has 3 nitrogen and oxygen atoms in total. The van der Waals surface area contributed by atoms with E-state index in [-0.39, 0.29) is 17.2 Å². The van der Waals surface area contributed by atoms with Gasteiger partial charge in [-0.2, -0.15) is 0 Å². The molecule has 0 aliphatic heterocycles. The Labute approximate surface area is 142 Å². The van der Waals surface area contributed by atoms with Crippen LogP contribution in [-0.4, -0.2) is 23.8 Å². The van der Waals surface area contributed by atoms with Crippen LogP contribution in [0.1, 0.15) is 19.4 Å². The highest BCUT2D eigenvalue weighted by Crippen LogP contribution is 2.22. The van der Waals surface area contributed by atoms with Crippen molar-refractivity contribution in [1.82, 2.24) is 5.32 Å². The monoisotopic (exact) mass is 329 g/mol. The lowest BCUT2D eigenvalue weighted by Crippen LogP contribution is -2.40. The zero-order valence-corrected chi connectivity index (χ0v) is 14.6. The van der Waals surface area contributed by atoms with Crippen molar-refractivity contribution >= 4 is 17.7 Å². The number of carbonyl (C=O) groups is 1. The first-order valence-corrected chi connectivity index (χ1v) is 8.64. The number of amides is 1. The topological polar surface area (TPSA) is 38.3 Å². The number of rotatable bonds is 7. The van der Waals surface area contributed by atoms with Crippen molar-refractivity contribution in [2.24, 2.45) is 0 Å². The van der Waals surface area contributed by atoms with Gasteiger partial charge in [0.25, 0.3) is 0 Å². The Morgan fingerprint density at radius 1 is 1.09 bits per heavy atom. The van der Waals surface area contributed by atoms with Gasteiger partial charge in [-0.1, -0.05) is 36.4 Å². The van der Waals surface area contributed by atoms with Crippen LogP contribution in [0.3, 0.4) is 0 Å². The molecule has 2 rings (SSSR count). The maximum absolute atomic E-state index is 12.2. The van der Waals surface area contributed by atoms with E-state index in [0.29, 0.717) is 6.61 Å². The zero-order chi connectivity index (χ0) is 16.7. The summed E-state index contributed by atoms with van der Waals surface area (Å²) in [6.45, 7) is 6.34. The summed E-state index contributed by atoms with van der Waals surface area (Å²) in [5.41, 5.74) is 1.10. The molecule has 1 amide bonds. The van der Waals surface area contributed by atoms with Crippen molar-refractivity contribution in [3.63, 3.8) is 0 Å². The minimum Gasteiger partial charge on any atom is -0.491 e. The van der Waals surface area contributed by atoms with E-state index >= 15 is 0 Å². The maximum atomic E-state index is 12.2. The van der Waals surface area contributed by atoms with Crippen molar-refractivity contribution in [2.45, 2.75) is 37.0 Å². The van der Waals surface area contributed by atoms with Crippen LogP contribution in [0, 0.1) is 6.92 Å². The molecule has 0 radical (unpaired) electrons. The van der Waals surface area contributed by atoms with Crippen molar-refractivity contribution < 1.29 is 9.53 Å². The molecule has 2 aromatic carbocycles. The maximum Gasteiger partial charge on any atom is 0.233 e. The van der Waals surface area contributed by atoms with Gasteiger partial charge in [0, 0.05) is 4.90 Å². The molecule has 23 heavy (non-hydrogen) atoms. The molecule has 0 aliphatic rings. The second kappa shape index (κ2) is 8.63. The van der Waals surface area contributed by atoms with Crippen LogP contribution in [0.4, 0.5) is 0 Å². The van der Waals surface area contributed by atoms with Crippen LogP contribution >= 0.6 is 11.8 Å². The summed E-state index contributed by atoms with van der Waals surface area (Å²) in [5.74, 6) is 0.889. The van der Waals surface area contributed by atoms with E-state index in [1.54, 1.807) is 11.8 Å². The Hall–Kier alpha value is -1.94. The van der Waals surface area contributed by atoms with Gasteiger partial charge in [-0.15, -0.1) is 11.8 Å². The summed E-state index contributed by atoms with van der Waals surface area (Å²) in [4.78, 5) is 13.3. The van der Waals surface area contributed by atoms with Crippen molar-refractivity contribution in [1.29, 1.82) is 0 Å². The van der Waals surface area contributed by atoms with Gasteiger partial charge in [0.2, 0.25) is 5.91 Å². The van der Waals surface area contributed by atoms with Gasteiger partial charge < -0.3 is 10.1 Å². The van der Waals surface area contributed by atoms with E-state index in [4.69, 9.17) is 4.74 Å². The Bertz CT molecular complexity index is 630. The van der Waals surface area contributed by atoms with E-state index in [0.717, 1.165) is 16.2 Å². The fraction of sp³-hybridized carbons (Fsp3) is 0.316. The highest BCUT2D eigenvalue weighted by Gasteiger charge is 2.16. The number of nitrogens with one attached hydrogen (secondary N) is 1. The number of ether oxygens (including phenoxy) is 1. The highest BCUT2D eigenvalue weighted by molar-refractivity contribution is 8.00. The van der Waals surface area contributed by atoms with Gasteiger partial charge in [0.1, 0.15) is 12.4 Å². The van der Waals surface area contributed by atoms with Crippen LogP contribution in [0.25, 0.3) is 0 Å². The number of thioether (sulfide) groups is 1. The quantitative estimate of drug-likeness (QED) is 0.779. The molecule has 0 saturated heterocycles. The molecule has 0 aromatic heterocycles. The Balaban J connectivity index is 1.79. The number of hydrogen-bond donors (Lipinski definition) is 1. The molecule has 0 fully saturated rings. The lowest BCUT2D eigenvalue weighted by Gasteiger charge is -2.18. The van der Waals surface area contributed by atoms with Crippen molar-refractivity contribution in [2.75, 3.05) is 6.61 Å². The van der Waals surface area contributed by atoms with E-state index < -0.39 is 0 Å². The lowest BCUT2D eigenvalue weighted by molar-refractivity contribution is -0.121. The molecule has 2 aromatic rings. The summed E-state index contributed by atoms with van der Waals surface area (Å²) >= 11 is 1.56. The molecule has 0 aliphatic carbocycles. The van der Waals surface area contributed by atoms with Gasteiger partial charge in [-0.3, -0.25) is 4.79 Å². The smallest absolute Gasteiger partial charge is 0.233 e. The predicted molar refractivity (Wildman–Crippen MR) is 96.0 cm³/mol. The molecule has 4 heteroatoms. The SMILES string of the molecule is Cc1ccccc1OC[C@H](C)NC(=O)[C@@H](C)Sc1ccccc1. The van der Waals surface area contributed by atoms with E-state index in [9.17, 15) is 4.79 Å². The molecule has 0 heterocycles. The number of aryl methyl sites for hydroxylation is 1. The van der Waals surface area contributed by atoms with Gasteiger partial charge in [-0.25, -0.2) is 0 Å². The second-order valence-corrected chi connectivity index (χ2v) is 6.97. The number of carbonyl (C=O) groups excluding carboxylic acids is 1. The molecule has 0 saturated carbocycles. The zero-order valence-electron chi connectivity index (χ0n) is 13.8. The lowest BCUT2D eigenvalue weighted by atomic mass is 10.2. The molecular weight excluding hydrogens is 306 g/mol. The minimum atomic E-state index is -0.140. The third-order valence-electron chi connectivity index (χ3n) is 3.40. The molecule has 2 atom stereocenters. The first-order valence-electron chi connectivity index (χ1n) is 7.77. The summed E-state index contributed by atoms with van der Waals surface area (Å²) in [6, 6.07) is 17.8. The molecule has 0 bridgehead atoms. The van der Waals surface area contributed by atoms with E-state index in [2.05, 4.69) is 5.32 Å². The summed E-state index contributed by atoms with van der Waals surface area (Å²) in [7, 11) is 0. The van der Waals surface area contributed by atoms with Gasteiger partial charge >= 0.3 is 0 Å². The molecule has 122 valence electrons. The van der Waals surface area contributed by atoms with E-state index in [1.165, 1.54) is 0 Å². The van der Waals surface area contributed by atoms with Gasteiger partial charge in [-0.05, 0) is 44.5 Å². The van der Waals surface area contributed by atoms with Crippen LogP contribution in [0.5, 0.6) is 5.75 Å². The number of para-hydroxylation sites is 1. The van der Waals surface area contributed by atoms with Crippen LogP contribution in [-0.2, 0) is 4.79 Å². The Kier molecular flexibility index (Phi) is 6.53. The third-order valence-corrected chi connectivity index (χ3v) is 4.51. The molecule has 0 unspecified atom stereocenters. The molecule has 1 N–H and O–H groups in total. The number of hydrogen-bond acceptors (Lipinski definition) is 3. The van der Waals surface area contributed by atoms with Crippen molar-refractivity contribution in [3.8, 4) is 5.75 Å². The van der Waals surface area contributed by atoms with Crippen molar-refractivity contribution in [3.05, 3.63) is 60.2 Å². The summed E-state index contributed by atoms with van der Waals surface area (Å²) in [5, 5.41) is 2.86. The normalized spacial score (nSPS) is 13.2. The fourth-order valence-electron chi connectivity index (χ4n) is 2.09. The summed E-state index contributed by atoms with van der Waals surface area (Å²) < 4.78 is 5.78. The van der Waals surface area contributed by atoms with Crippen LogP contribution in [0.2, 0.25) is 0 Å². The predicted octanol–water partition coefficient (Wildman–Crippen LogP) is 4.06. The second-order valence-electron chi connectivity index (χ2n) is 5.56. The van der Waals surface area contributed by atoms with E-state index in [1.807, 2.05) is 75.4 Å². The fourth-order valence-corrected chi connectivity index (χ4v) is 2.99. The first kappa shape index (κ1) is 17.4. The van der Waals surface area contributed by atoms with Gasteiger partial charge in [0.05, 0.1) is 11.3 Å². The largest absolute Gasteiger partial charge is 0.491 e. The average Bonchev–Trinajstić information content (AvgIpc) is 2.55. The molecule has 0 spiro atoms. The number of benzene rings is 2. The van der Waals surface area contributed by atoms with Gasteiger partial charge in [0.15, 0.2) is 0 Å². The first-order chi connectivity index (χ1) is 11.1. The summed E-state index contributed by atoms with van der Waals surface area (Å²) in [6.07, 6.45) is 0. The standard InChI is InChI=1S/C19H23NO2S/c1-14-9-7-8-12-18(14)22-13-15(2)20-19(21)16(3)23-17-10-5-4-6-11-17/h4-12,15-16H,13H2,1-3H3,(H,20,21)/t15-,16+/m0/s1. The third kappa shape index (κ3) is 5.64. The molecular formula is C19H23NO2S. The average molecular weight is 329 g/mol. The minimum absolute atomic E-state index is 0.0275. The Morgan fingerprint density at radius 3 is 2.43 bits per heavy atom. The van der Waals surface area contributed by atoms with Crippen LogP contribution in [0.15, 0.2) is 59.5 Å². The highest BCUT2D eigenvalue weighted by atomic mass is 32.2. The Morgan fingerprint density at radius 2 is 1.74 bits per heavy atom. The van der Waals surface area contributed by atoms with Crippen LogP contribution < -0.4 is 10.1 Å².